The molecule has 84 valence electrons. The Kier molecular flexibility index (Phi) is 4.98. The van der Waals surface area contributed by atoms with E-state index in [1.165, 1.54) is 0 Å². The summed E-state index contributed by atoms with van der Waals surface area (Å²) in [5.41, 5.74) is 5.70. The molecule has 0 aliphatic heterocycles. The van der Waals surface area contributed by atoms with Gasteiger partial charge in [0.1, 0.15) is 11.9 Å². The van der Waals surface area contributed by atoms with E-state index in [0.29, 0.717) is 18.2 Å². The minimum atomic E-state index is -0.0459. The van der Waals surface area contributed by atoms with Gasteiger partial charge in [0.25, 0.3) is 0 Å². The highest BCUT2D eigenvalue weighted by Gasteiger charge is 2.14. The maximum Gasteiger partial charge on any atom is 0.159 e. The number of anilines is 1. The quantitative estimate of drug-likeness (QED) is 0.896. The topological polar surface area (TPSA) is 61.0 Å². The van der Waals surface area contributed by atoms with Gasteiger partial charge in [0.2, 0.25) is 0 Å². The molecule has 0 bridgehead atoms. The summed E-state index contributed by atoms with van der Waals surface area (Å²) in [6.45, 7) is 4.73. The van der Waals surface area contributed by atoms with Crippen LogP contribution in [-0.2, 0) is 4.74 Å². The summed E-state index contributed by atoms with van der Waals surface area (Å²) in [5, 5.41) is 0. The Labute approximate surface area is 98.4 Å². The summed E-state index contributed by atoms with van der Waals surface area (Å²) in [4.78, 5) is 8.42. The highest BCUT2D eigenvalue weighted by Crippen LogP contribution is 2.22. The Morgan fingerprint density at radius 3 is 2.80 bits per heavy atom. The summed E-state index contributed by atoms with van der Waals surface area (Å²) in [7, 11) is 0. The van der Waals surface area contributed by atoms with Gasteiger partial charge in [0.05, 0.1) is 4.47 Å². The second-order valence-corrected chi connectivity index (χ2v) is 4.05. The highest BCUT2D eigenvalue weighted by atomic mass is 79.9. The van der Waals surface area contributed by atoms with E-state index >= 15 is 0 Å². The van der Waals surface area contributed by atoms with E-state index in [4.69, 9.17) is 10.5 Å². The molecule has 0 radical (unpaired) electrons. The average molecular weight is 274 g/mol. The first kappa shape index (κ1) is 12.4. The van der Waals surface area contributed by atoms with Gasteiger partial charge in [-0.05, 0) is 29.3 Å². The molecule has 0 spiro atoms. The third kappa shape index (κ3) is 3.43. The predicted molar refractivity (Wildman–Crippen MR) is 63.4 cm³/mol. The molecule has 0 amide bonds. The van der Waals surface area contributed by atoms with Crippen molar-refractivity contribution in [2.75, 3.05) is 12.3 Å². The molecule has 15 heavy (non-hydrogen) atoms. The lowest BCUT2D eigenvalue weighted by molar-refractivity contribution is 0.0494. The van der Waals surface area contributed by atoms with Crippen LogP contribution < -0.4 is 5.73 Å². The smallest absolute Gasteiger partial charge is 0.159 e. The van der Waals surface area contributed by atoms with Crippen LogP contribution in [0.1, 0.15) is 38.6 Å². The van der Waals surface area contributed by atoms with Crippen molar-refractivity contribution in [1.82, 2.24) is 9.97 Å². The maximum absolute atomic E-state index is 5.70. The zero-order chi connectivity index (χ0) is 11.3. The summed E-state index contributed by atoms with van der Waals surface area (Å²) in [5.74, 6) is 1.13. The number of nitrogen functional groups attached to an aromatic ring is 1. The molecule has 4 nitrogen and oxygen atoms in total. The van der Waals surface area contributed by atoms with Crippen molar-refractivity contribution in [3.8, 4) is 0 Å². The fraction of sp³-hybridized carbons (Fsp3) is 0.600. The van der Waals surface area contributed by atoms with Gasteiger partial charge in [-0.15, -0.1) is 0 Å². The van der Waals surface area contributed by atoms with Crippen LogP contribution in [0.15, 0.2) is 10.7 Å². The summed E-state index contributed by atoms with van der Waals surface area (Å²) < 4.78 is 6.29. The molecule has 1 rings (SSSR count). The Morgan fingerprint density at radius 2 is 2.27 bits per heavy atom. The standard InChI is InChI=1S/C10H16BrN3O/c1-3-5-8(15-4-2)10-13-6-7(11)9(12)14-10/h6,8H,3-5H2,1-2H3,(H2,12,13,14). The molecule has 0 fully saturated rings. The van der Waals surface area contributed by atoms with Gasteiger partial charge in [-0.3, -0.25) is 0 Å². The van der Waals surface area contributed by atoms with E-state index in [-0.39, 0.29) is 6.10 Å². The van der Waals surface area contributed by atoms with Crippen molar-refractivity contribution in [2.45, 2.75) is 32.8 Å². The Balaban J connectivity index is 2.85. The van der Waals surface area contributed by atoms with Crippen LogP contribution in [-0.4, -0.2) is 16.6 Å². The molecular weight excluding hydrogens is 258 g/mol. The number of halogens is 1. The van der Waals surface area contributed by atoms with Crippen LogP contribution in [0.4, 0.5) is 5.82 Å². The molecule has 1 aromatic heterocycles. The molecule has 1 unspecified atom stereocenters. The van der Waals surface area contributed by atoms with Crippen molar-refractivity contribution < 1.29 is 4.74 Å². The Hall–Kier alpha value is -0.680. The summed E-state index contributed by atoms with van der Waals surface area (Å²) in [6.07, 6.45) is 3.56. The van der Waals surface area contributed by atoms with Gasteiger partial charge in [-0.2, -0.15) is 0 Å². The lowest BCUT2D eigenvalue weighted by Gasteiger charge is -2.14. The lowest BCUT2D eigenvalue weighted by atomic mass is 10.2. The largest absolute Gasteiger partial charge is 0.383 e. The molecule has 1 aromatic rings. The lowest BCUT2D eigenvalue weighted by Crippen LogP contribution is -2.10. The average Bonchev–Trinajstić information content (AvgIpc) is 2.22. The highest BCUT2D eigenvalue weighted by molar-refractivity contribution is 9.10. The van der Waals surface area contributed by atoms with E-state index in [1.807, 2.05) is 6.92 Å². The Morgan fingerprint density at radius 1 is 1.53 bits per heavy atom. The summed E-state index contributed by atoms with van der Waals surface area (Å²) in [6, 6.07) is 0. The van der Waals surface area contributed by atoms with Gasteiger partial charge in [-0.1, -0.05) is 13.3 Å². The van der Waals surface area contributed by atoms with E-state index in [9.17, 15) is 0 Å². The van der Waals surface area contributed by atoms with Crippen LogP contribution in [0.3, 0.4) is 0 Å². The fourth-order valence-corrected chi connectivity index (χ4v) is 1.49. The first-order chi connectivity index (χ1) is 7.19. The van der Waals surface area contributed by atoms with Crippen molar-refractivity contribution in [3.63, 3.8) is 0 Å². The zero-order valence-corrected chi connectivity index (χ0v) is 10.6. The second kappa shape index (κ2) is 6.02. The first-order valence-corrected chi connectivity index (χ1v) is 5.87. The predicted octanol–water partition coefficient (Wildman–Crippen LogP) is 2.70. The molecular formula is C10H16BrN3O. The SMILES string of the molecule is CCCC(OCC)c1ncc(Br)c(N)n1. The van der Waals surface area contributed by atoms with Gasteiger partial charge in [0, 0.05) is 12.8 Å². The van der Waals surface area contributed by atoms with Gasteiger partial charge < -0.3 is 10.5 Å². The van der Waals surface area contributed by atoms with Crippen molar-refractivity contribution in [3.05, 3.63) is 16.5 Å². The van der Waals surface area contributed by atoms with E-state index in [2.05, 4.69) is 32.8 Å². The van der Waals surface area contributed by atoms with Gasteiger partial charge in [0.15, 0.2) is 5.82 Å². The normalized spacial score (nSPS) is 12.7. The van der Waals surface area contributed by atoms with E-state index in [0.717, 1.165) is 17.3 Å². The number of aromatic nitrogens is 2. The van der Waals surface area contributed by atoms with E-state index in [1.54, 1.807) is 6.20 Å². The van der Waals surface area contributed by atoms with Crippen molar-refractivity contribution >= 4 is 21.7 Å². The van der Waals surface area contributed by atoms with Crippen LogP contribution in [0.5, 0.6) is 0 Å². The van der Waals surface area contributed by atoms with Crippen LogP contribution in [0.2, 0.25) is 0 Å². The molecule has 1 atom stereocenters. The molecule has 1 heterocycles. The fourth-order valence-electron chi connectivity index (χ4n) is 1.30. The zero-order valence-electron chi connectivity index (χ0n) is 9.03. The number of hydrogen-bond donors (Lipinski definition) is 1. The van der Waals surface area contributed by atoms with Crippen LogP contribution in [0, 0.1) is 0 Å². The minimum absolute atomic E-state index is 0.0459. The maximum atomic E-state index is 5.70. The third-order valence-corrected chi connectivity index (χ3v) is 2.61. The van der Waals surface area contributed by atoms with Crippen molar-refractivity contribution in [1.29, 1.82) is 0 Å². The van der Waals surface area contributed by atoms with Crippen LogP contribution in [0.25, 0.3) is 0 Å². The second-order valence-electron chi connectivity index (χ2n) is 3.19. The summed E-state index contributed by atoms with van der Waals surface area (Å²) >= 11 is 3.27. The molecule has 0 saturated heterocycles. The molecule has 2 N–H and O–H groups in total. The number of ether oxygens (including phenoxy) is 1. The minimum Gasteiger partial charge on any atom is -0.383 e. The molecule has 0 aliphatic rings. The first-order valence-electron chi connectivity index (χ1n) is 5.08. The molecule has 0 aromatic carbocycles. The number of nitrogens with two attached hydrogens (primary N) is 1. The monoisotopic (exact) mass is 273 g/mol. The van der Waals surface area contributed by atoms with Gasteiger partial charge in [-0.25, -0.2) is 9.97 Å². The molecule has 0 aliphatic carbocycles. The third-order valence-electron chi connectivity index (χ3n) is 2.00. The van der Waals surface area contributed by atoms with Gasteiger partial charge >= 0.3 is 0 Å². The number of nitrogens with zero attached hydrogens (tertiary/aromatic N) is 2. The van der Waals surface area contributed by atoms with E-state index < -0.39 is 0 Å². The number of hydrogen-bond acceptors (Lipinski definition) is 4. The Bertz CT molecular complexity index is 314. The van der Waals surface area contributed by atoms with Crippen LogP contribution >= 0.6 is 15.9 Å². The van der Waals surface area contributed by atoms with Crippen molar-refractivity contribution in [2.24, 2.45) is 0 Å². The molecule has 0 saturated carbocycles. The molecule has 5 heteroatoms. The number of rotatable bonds is 5.